The summed E-state index contributed by atoms with van der Waals surface area (Å²) in [4.78, 5) is 26.6. The molecule has 0 saturated carbocycles. The van der Waals surface area contributed by atoms with Crippen LogP contribution in [0.15, 0.2) is 60.7 Å². The first-order valence-electron chi connectivity index (χ1n) is 10.8. The SMILES string of the molecule is O=C(C(NC1Cc2cccc3cccc1c23)OC(=O)C(F)(F)F)N1CCCc2ccccc21. The number of ether oxygens (including phenoxy) is 1. The second-order valence-corrected chi connectivity index (χ2v) is 8.29. The number of carbonyl (C=O) groups excluding carboxylic acids is 2. The monoisotopic (exact) mass is 454 g/mol. The summed E-state index contributed by atoms with van der Waals surface area (Å²) in [6.45, 7) is 0.331. The van der Waals surface area contributed by atoms with Gasteiger partial charge in [0.15, 0.2) is 0 Å². The summed E-state index contributed by atoms with van der Waals surface area (Å²) in [5, 5.41) is 4.94. The highest BCUT2D eigenvalue weighted by molar-refractivity contribution is 5.99. The lowest BCUT2D eigenvalue weighted by Crippen LogP contribution is -2.52. The topological polar surface area (TPSA) is 58.6 Å². The average Bonchev–Trinajstić information content (AvgIpc) is 3.16. The molecule has 0 saturated heterocycles. The van der Waals surface area contributed by atoms with Gasteiger partial charge in [-0.2, -0.15) is 13.2 Å². The molecule has 8 heteroatoms. The summed E-state index contributed by atoms with van der Waals surface area (Å²) in [5.74, 6) is -3.12. The number of esters is 1. The van der Waals surface area contributed by atoms with Gasteiger partial charge in [-0.3, -0.25) is 10.1 Å². The number of carbonyl (C=O) groups is 2. The quantitative estimate of drug-likeness (QED) is 0.468. The third-order valence-electron chi connectivity index (χ3n) is 6.23. The van der Waals surface area contributed by atoms with E-state index in [9.17, 15) is 22.8 Å². The third kappa shape index (κ3) is 3.95. The van der Waals surface area contributed by atoms with Gasteiger partial charge in [-0.1, -0.05) is 54.6 Å². The second-order valence-electron chi connectivity index (χ2n) is 8.29. The maximum Gasteiger partial charge on any atom is 0.490 e. The van der Waals surface area contributed by atoms with E-state index in [1.807, 2.05) is 48.5 Å². The molecule has 0 radical (unpaired) electrons. The fraction of sp³-hybridized carbons (Fsp3) is 0.280. The largest absolute Gasteiger partial charge is 0.490 e. The van der Waals surface area contributed by atoms with Crippen molar-refractivity contribution in [2.45, 2.75) is 37.7 Å². The number of benzene rings is 3. The Labute approximate surface area is 188 Å². The Morgan fingerprint density at radius 3 is 2.52 bits per heavy atom. The molecule has 1 aliphatic carbocycles. The number of anilines is 1. The van der Waals surface area contributed by atoms with Crippen molar-refractivity contribution in [2.75, 3.05) is 11.4 Å². The van der Waals surface area contributed by atoms with Crippen LogP contribution in [0.5, 0.6) is 0 Å². The normalized spacial score (nSPS) is 18.2. The van der Waals surface area contributed by atoms with Gasteiger partial charge < -0.3 is 9.64 Å². The Kier molecular flexibility index (Phi) is 5.32. The van der Waals surface area contributed by atoms with Crippen molar-refractivity contribution in [3.63, 3.8) is 0 Å². The molecule has 1 N–H and O–H groups in total. The molecule has 3 aromatic rings. The predicted molar refractivity (Wildman–Crippen MR) is 117 cm³/mol. The Hall–Kier alpha value is -3.39. The average molecular weight is 454 g/mol. The molecule has 2 atom stereocenters. The lowest BCUT2D eigenvalue weighted by atomic mass is 10.0. The molecule has 0 spiro atoms. The van der Waals surface area contributed by atoms with E-state index in [1.165, 1.54) is 4.90 Å². The van der Waals surface area contributed by atoms with Crippen LogP contribution in [0.1, 0.15) is 29.2 Å². The number of alkyl halides is 3. The number of fused-ring (bicyclic) bond motifs is 1. The molecule has 2 unspecified atom stereocenters. The molecule has 3 aromatic carbocycles. The molecule has 0 bridgehead atoms. The van der Waals surface area contributed by atoms with Gasteiger partial charge in [-0.25, -0.2) is 4.79 Å². The number of hydrogen-bond acceptors (Lipinski definition) is 4. The Morgan fingerprint density at radius 1 is 1.00 bits per heavy atom. The van der Waals surface area contributed by atoms with Crippen molar-refractivity contribution >= 4 is 28.3 Å². The van der Waals surface area contributed by atoms with Crippen LogP contribution < -0.4 is 10.2 Å². The maximum absolute atomic E-state index is 13.4. The number of nitrogens with one attached hydrogen (secondary N) is 1. The lowest BCUT2D eigenvalue weighted by Gasteiger charge is -2.33. The van der Waals surface area contributed by atoms with Crippen molar-refractivity contribution < 1.29 is 27.5 Å². The summed E-state index contributed by atoms with van der Waals surface area (Å²) in [6, 6.07) is 18.3. The lowest BCUT2D eigenvalue weighted by molar-refractivity contribution is -0.206. The van der Waals surface area contributed by atoms with E-state index in [4.69, 9.17) is 4.74 Å². The molecular formula is C25H21F3N2O3. The van der Waals surface area contributed by atoms with Crippen LogP contribution >= 0.6 is 0 Å². The summed E-state index contributed by atoms with van der Waals surface area (Å²) >= 11 is 0. The standard InChI is InChI=1S/C25H21F3N2O3/c26-25(27,28)24(32)33-22(23(31)30-13-5-10-15-6-1-2-12-20(15)30)29-19-14-17-9-3-7-16-8-4-11-18(19)21(16)17/h1-4,6-9,11-12,19,22,29H,5,10,13-14H2. The minimum Gasteiger partial charge on any atom is -0.430 e. The van der Waals surface area contributed by atoms with Crippen LogP contribution in [-0.4, -0.2) is 30.8 Å². The molecule has 5 nitrogen and oxygen atoms in total. The van der Waals surface area contributed by atoms with Crippen molar-refractivity contribution in [3.05, 3.63) is 77.4 Å². The van der Waals surface area contributed by atoms with Gasteiger partial charge in [0.25, 0.3) is 5.91 Å². The zero-order valence-corrected chi connectivity index (χ0v) is 17.6. The van der Waals surface area contributed by atoms with Gasteiger partial charge in [-0.05, 0) is 52.8 Å². The molecule has 170 valence electrons. The van der Waals surface area contributed by atoms with Gasteiger partial charge in [0.2, 0.25) is 6.23 Å². The van der Waals surface area contributed by atoms with E-state index in [1.54, 1.807) is 12.1 Å². The van der Waals surface area contributed by atoms with Crippen LogP contribution in [0, 0.1) is 0 Å². The molecule has 1 amide bonds. The number of rotatable bonds is 4. The molecule has 1 heterocycles. The smallest absolute Gasteiger partial charge is 0.430 e. The van der Waals surface area contributed by atoms with Crippen LogP contribution in [-0.2, 0) is 27.2 Å². The van der Waals surface area contributed by atoms with E-state index < -0.39 is 30.3 Å². The van der Waals surface area contributed by atoms with Crippen LogP contribution in [0.25, 0.3) is 10.8 Å². The molecule has 1 aliphatic heterocycles. The van der Waals surface area contributed by atoms with Crippen LogP contribution in [0.4, 0.5) is 18.9 Å². The Bertz CT molecular complexity index is 1240. The molecule has 0 aromatic heterocycles. The number of para-hydroxylation sites is 1. The van der Waals surface area contributed by atoms with Gasteiger partial charge >= 0.3 is 12.1 Å². The predicted octanol–water partition coefficient (Wildman–Crippen LogP) is 4.44. The van der Waals surface area contributed by atoms with E-state index in [0.717, 1.165) is 33.9 Å². The molecule has 2 aliphatic rings. The first-order valence-corrected chi connectivity index (χ1v) is 10.8. The number of halogens is 3. The summed E-state index contributed by atoms with van der Waals surface area (Å²) in [5.41, 5.74) is 3.44. The van der Waals surface area contributed by atoms with Gasteiger partial charge in [-0.15, -0.1) is 0 Å². The molecule has 5 rings (SSSR count). The van der Waals surface area contributed by atoms with Crippen molar-refractivity contribution in [2.24, 2.45) is 0 Å². The Balaban J connectivity index is 1.47. The fourth-order valence-corrected chi connectivity index (χ4v) is 4.81. The highest BCUT2D eigenvalue weighted by Crippen LogP contribution is 2.37. The zero-order valence-electron chi connectivity index (χ0n) is 17.6. The highest BCUT2D eigenvalue weighted by atomic mass is 19.4. The van der Waals surface area contributed by atoms with Crippen LogP contribution in [0.3, 0.4) is 0 Å². The van der Waals surface area contributed by atoms with E-state index in [-0.39, 0.29) is 0 Å². The van der Waals surface area contributed by atoms with E-state index >= 15 is 0 Å². The van der Waals surface area contributed by atoms with Gasteiger partial charge in [0.05, 0.1) is 0 Å². The molecule has 33 heavy (non-hydrogen) atoms. The third-order valence-corrected chi connectivity index (χ3v) is 6.23. The second kappa shape index (κ2) is 8.19. The zero-order chi connectivity index (χ0) is 23.2. The molecule has 0 fully saturated rings. The van der Waals surface area contributed by atoms with Crippen molar-refractivity contribution in [1.82, 2.24) is 5.32 Å². The minimum atomic E-state index is -5.21. The fourth-order valence-electron chi connectivity index (χ4n) is 4.81. The van der Waals surface area contributed by atoms with E-state index in [2.05, 4.69) is 5.32 Å². The number of amides is 1. The summed E-state index contributed by atoms with van der Waals surface area (Å²) < 4.78 is 43.9. The Morgan fingerprint density at radius 2 is 1.73 bits per heavy atom. The molecular weight excluding hydrogens is 433 g/mol. The highest BCUT2D eigenvalue weighted by Gasteiger charge is 2.45. The first kappa shape index (κ1) is 21.5. The minimum absolute atomic E-state index is 0.331. The first-order chi connectivity index (χ1) is 15.8. The van der Waals surface area contributed by atoms with Gasteiger partial charge in [0.1, 0.15) is 0 Å². The van der Waals surface area contributed by atoms with Crippen molar-refractivity contribution in [1.29, 1.82) is 0 Å². The van der Waals surface area contributed by atoms with Crippen LogP contribution in [0.2, 0.25) is 0 Å². The maximum atomic E-state index is 13.4. The number of aryl methyl sites for hydroxylation is 1. The summed E-state index contributed by atoms with van der Waals surface area (Å²) in [7, 11) is 0. The van der Waals surface area contributed by atoms with E-state index in [0.29, 0.717) is 25.1 Å². The number of hydrogen-bond donors (Lipinski definition) is 1. The number of nitrogens with zero attached hydrogens (tertiary/aromatic N) is 1. The summed E-state index contributed by atoms with van der Waals surface area (Å²) in [6.07, 6.45) is -5.09. The van der Waals surface area contributed by atoms with Gasteiger partial charge in [0, 0.05) is 18.3 Å². The van der Waals surface area contributed by atoms with Crippen molar-refractivity contribution in [3.8, 4) is 0 Å².